The number of anilines is 1. The molecule has 0 spiro atoms. The van der Waals surface area contributed by atoms with Gasteiger partial charge in [0.2, 0.25) is 10.0 Å². The van der Waals surface area contributed by atoms with Crippen LogP contribution in [0.4, 0.5) is 10.2 Å². The van der Waals surface area contributed by atoms with Crippen LogP contribution in [0.2, 0.25) is 0 Å². The van der Waals surface area contributed by atoms with Crippen molar-refractivity contribution in [1.82, 2.24) is 24.7 Å². The maximum Gasteiger partial charge on any atom is 0.240 e. The minimum atomic E-state index is -3.84. The molecule has 0 fully saturated rings. The monoisotopic (exact) mass is 406 g/mol. The van der Waals surface area contributed by atoms with E-state index in [1.807, 2.05) is 13.0 Å². The van der Waals surface area contributed by atoms with Crippen molar-refractivity contribution in [3.05, 3.63) is 54.1 Å². The third-order valence-electron chi connectivity index (χ3n) is 3.76. The topological polar surface area (TPSA) is 111 Å². The zero-order chi connectivity index (χ0) is 20.1. The van der Waals surface area contributed by atoms with Crippen LogP contribution in [0.3, 0.4) is 0 Å². The standard InChI is InChI=1S/C17H19FN6O3S/c1-12-7-10-24(23-12)17-6-5-16(21-22-17)19-8-9-20-28(25,26)13-3-4-15(27-2)14(18)11-13/h3-7,10-11,20H,8-9H2,1-2H3,(H,19,21). The fraction of sp³-hybridized carbons (Fsp3) is 0.235. The maximum absolute atomic E-state index is 13.7. The zero-order valence-corrected chi connectivity index (χ0v) is 16.1. The van der Waals surface area contributed by atoms with Crippen molar-refractivity contribution in [1.29, 1.82) is 0 Å². The van der Waals surface area contributed by atoms with Crippen LogP contribution in [-0.4, -0.2) is 48.6 Å². The summed E-state index contributed by atoms with van der Waals surface area (Å²) in [6, 6.07) is 8.77. The summed E-state index contributed by atoms with van der Waals surface area (Å²) in [6.07, 6.45) is 1.78. The molecule has 1 aromatic carbocycles. The van der Waals surface area contributed by atoms with Crippen molar-refractivity contribution in [2.45, 2.75) is 11.8 Å². The summed E-state index contributed by atoms with van der Waals surface area (Å²) in [5.41, 5.74) is 0.869. The van der Waals surface area contributed by atoms with E-state index in [1.54, 1.807) is 23.0 Å². The molecule has 2 N–H and O–H groups in total. The number of methoxy groups -OCH3 is 1. The molecule has 2 aromatic heterocycles. The maximum atomic E-state index is 13.7. The number of rotatable bonds is 8. The number of nitrogens with one attached hydrogen (secondary N) is 2. The molecule has 0 atom stereocenters. The Kier molecular flexibility index (Phi) is 5.85. The highest BCUT2D eigenvalue weighted by Gasteiger charge is 2.16. The Labute approximate surface area is 161 Å². The fourth-order valence-corrected chi connectivity index (χ4v) is 3.40. The number of nitrogens with zero attached hydrogens (tertiary/aromatic N) is 4. The Morgan fingerprint density at radius 3 is 2.57 bits per heavy atom. The van der Waals surface area contributed by atoms with Crippen LogP contribution >= 0.6 is 0 Å². The number of benzene rings is 1. The third kappa shape index (κ3) is 4.61. The quantitative estimate of drug-likeness (QED) is 0.546. The number of sulfonamides is 1. The van der Waals surface area contributed by atoms with E-state index in [2.05, 4.69) is 25.3 Å². The first-order valence-electron chi connectivity index (χ1n) is 8.32. The molecule has 0 saturated carbocycles. The Balaban J connectivity index is 1.53. The van der Waals surface area contributed by atoms with E-state index in [-0.39, 0.29) is 23.7 Å². The molecule has 3 rings (SSSR count). The lowest BCUT2D eigenvalue weighted by molar-refractivity contribution is 0.385. The number of aryl methyl sites for hydroxylation is 1. The van der Waals surface area contributed by atoms with Gasteiger partial charge in [-0.05, 0) is 43.3 Å². The van der Waals surface area contributed by atoms with Crippen molar-refractivity contribution < 1.29 is 17.5 Å². The molecule has 0 unspecified atom stereocenters. The summed E-state index contributed by atoms with van der Waals surface area (Å²) in [7, 11) is -2.53. The molecule has 9 nitrogen and oxygen atoms in total. The second-order valence-electron chi connectivity index (χ2n) is 5.80. The molecule has 3 aromatic rings. The van der Waals surface area contributed by atoms with Gasteiger partial charge in [0.05, 0.1) is 17.7 Å². The SMILES string of the molecule is COc1ccc(S(=O)(=O)NCCNc2ccc(-n3ccc(C)n3)nn2)cc1F. The number of hydrogen-bond donors (Lipinski definition) is 2. The van der Waals surface area contributed by atoms with Crippen LogP contribution < -0.4 is 14.8 Å². The predicted octanol–water partition coefficient (Wildman–Crippen LogP) is 1.51. The molecule has 28 heavy (non-hydrogen) atoms. The lowest BCUT2D eigenvalue weighted by atomic mass is 10.3. The van der Waals surface area contributed by atoms with Crippen LogP contribution in [0, 0.1) is 12.7 Å². The average molecular weight is 406 g/mol. The average Bonchev–Trinajstić information content (AvgIpc) is 3.12. The molecule has 11 heteroatoms. The Morgan fingerprint density at radius 1 is 1.14 bits per heavy atom. The predicted molar refractivity (Wildman–Crippen MR) is 101 cm³/mol. The Morgan fingerprint density at radius 2 is 1.96 bits per heavy atom. The van der Waals surface area contributed by atoms with E-state index in [9.17, 15) is 12.8 Å². The second-order valence-corrected chi connectivity index (χ2v) is 7.57. The van der Waals surface area contributed by atoms with E-state index in [0.717, 1.165) is 11.8 Å². The molecule has 0 aliphatic heterocycles. The van der Waals surface area contributed by atoms with Crippen molar-refractivity contribution in [3.8, 4) is 11.6 Å². The minimum Gasteiger partial charge on any atom is -0.494 e. The fourth-order valence-electron chi connectivity index (χ4n) is 2.36. The van der Waals surface area contributed by atoms with Gasteiger partial charge in [0.1, 0.15) is 5.82 Å². The summed E-state index contributed by atoms with van der Waals surface area (Å²) >= 11 is 0. The van der Waals surface area contributed by atoms with Gasteiger partial charge in [-0.3, -0.25) is 0 Å². The first kappa shape index (κ1) is 19.7. The molecule has 0 saturated heterocycles. The number of aromatic nitrogens is 4. The Hall–Kier alpha value is -3.05. The molecule has 2 heterocycles. The molecule has 0 aliphatic carbocycles. The van der Waals surface area contributed by atoms with Gasteiger partial charge in [-0.1, -0.05) is 0 Å². The summed E-state index contributed by atoms with van der Waals surface area (Å²) in [4.78, 5) is -0.176. The summed E-state index contributed by atoms with van der Waals surface area (Å²) in [5, 5.41) is 15.3. The van der Waals surface area contributed by atoms with Crippen LogP contribution in [0.15, 0.2) is 47.5 Å². The van der Waals surface area contributed by atoms with Crippen molar-refractivity contribution in [2.24, 2.45) is 0 Å². The molecule has 148 valence electrons. The minimum absolute atomic E-state index is 0.0205. The molecule has 0 bridgehead atoms. The number of ether oxygens (including phenoxy) is 1. The summed E-state index contributed by atoms with van der Waals surface area (Å²) in [5.74, 6) is 0.294. The molecule has 0 radical (unpaired) electrons. The Bertz CT molecular complexity index is 1050. The lowest BCUT2D eigenvalue weighted by Gasteiger charge is -2.09. The normalized spacial score (nSPS) is 11.4. The van der Waals surface area contributed by atoms with E-state index >= 15 is 0 Å². The summed E-state index contributed by atoms with van der Waals surface area (Å²) in [6.45, 7) is 2.23. The van der Waals surface area contributed by atoms with Gasteiger partial charge in [0.25, 0.3) is 0 Å². The smallest absolute Gasteiger partial charge is 0.240 e. The number of halogens is 1. The van der Waals surface area contributed by atoms with E-state index in [1.165, 1.54) is 19.2 Å². The van der Waals surface area contributed by atoms with Crippen LogP contribution in [0.25, 0.3) is 5.82 Å². The molecular formula is C17H19FN6O3S. The van der Waals surface area contributed by atoms with Crippen molar-refractivity contribution in [2.75, 3.05) is 25.5 Å². The molecule has 0 aliphatic rings. The third-order valence-corrected chi connectivity index (χ3v) is 5.22. The lowest BCUT2D eigenvalue weighted by Crippen LogP contribution is -2.29. The van der Waals surface area contributed by atoms with Gasteiger partial charge >= 0.3 is 0 Å². The van der Waals surface area contributed by atoms with Crippen LogP contribution in [0.5, 0.6) is 5.75 Å². The van der Waals surface area contributed by atoms with Crippen molar-refractivity contribution in [3.63, 3.8) is 0 Å². The van der Waals surface area contributed by atoms with Crippen LogP contribution in [0.1, 0.15) is 5.69 Å². The zero-order valence-electron chi connectivity index (χ0n) is 15.3. The van der Waals surface area contributed by atoms with Crippen molar-refractivity contribution >= 4 is 15.8 Å². The first-order valence-corrected chi connectivity index (χ1v) is 9.81. The van der Waals surface area contributed by atoms with E-state index < -0.39 is 15.8 Å². The highest BCUT2D eigenvalue weighted by molar-refractivity contribution is 7.89. The largest absolute Gasteiger partial charge is 0.494 e. The van der Waals surface area contributed by atoms with Gasteiger partial charge in [0, 0.05) is 19.3 Å². The highest BCUT2D eigenvalue weighted by Crippen LogP contribution is 2.20. The highest BCUT2D eigenvalue weighted by atomic mass is 32.2. The van der Waals surface area contributed by atoms with Gasteiger partial charge in [-0.25, -0.2) is 22.2 Å². The van der Waals surface area contributed by atoms with Gasteiger partial charge < -0.3 is 10.1 Å². The van der Waals surface area contributed by atoms with Crippen LogP contribution in [-0.2, 0) is 10.0 Å². The van der Waals surface area contributed by atoms with Gasteiger partial charge in [-0.2, -0.15) is 5.10 Å². The summed E-state index contributed by atoms with van der Waals surface area (Å²) < 4.78 is 46.9. The van der Waals surface area contributed by atoms with Gasteiger partial charge in [-0.15, -0.1) is 10.2 Å². The second kappa shape index (κ2) is 8.31. The number of hydrogen-bond acceptors (Lipinski definition) is 7. The molecular weight excluding hydrogens is 387 g/mol. The molecule has 0 amide bonds. The first-order chi connectivity index (χ1) is 13.4. The van der Waals surface area contributed by atoms with E-state index in [4.69, 9.17) is 4.74 Å². The van der Waals surface area contributed by atoms with Gasteiger partial charge in [0.15, 0.2) is 17.4 Å². The van der Waals surface area contributed by atoms with E-state index in [0.29, 0.717) is 11.6 Å².